The lowest BCUT2D eigenvalue weighted by molar-refractivity contribution is 0.0474. The van der Waals surface area contributed by atoms with Crippen molar-refractivity contribution in [1.29, 1.82) is 5.26 Å². The third-order valence-electron chi connectivity index (χ3n) is 3.36. The standard InChI is InChI=1S/C18H16N2O5S/c19-11-4-12-20-26(23,24)16-9-7-15(8-10-16)18(22)25-13-17(21)14-5-2-1-3-6-14/h1-3,5-10,20H,4,12-13H2. The van der Waals surface area contributed by atoms with Gasteiger partial charge in [0.05, 0.1) is 16.5 Å². The summed E-state index contributed by atoms with van der Waals surface area (Å²) in [6, 6.07) is 15.4. The highest BCUT2D eigenvalue weighted by atomic mass is 32.2. The number of nitrogens with one attached hydrogen (secondary N) is 1. The van der Waals surface area contributed by atoms with Crippen molar-refractivity contribution in [2.45, 2.75) is 11.3 Å². The lowest BCUT2D eigenvalue weighted by Gasteiger charge is -2.07. The summed E-state index contributed by atoms with van der Waals surface area (Å²) in [6.07, 6.45) is 0.0546. The fourth-order valence-corrected chi connectivity index (χ4v) is 3.05. The molecule has 1 N–H and O–H groups in total. The third kappa shape index (κ3) is 5.24. The summed E-state index contributed by atoms with van der Waals surface area (Å²) >= 11 is 0. The van der Waals surface area contributed by atoms with E-state index in [0.29, 0.717) is 5.56 Å². The summed E-state index contributed by atoms with van der Waals surface area (Å²) in [5, 5.41) is 8.43. The number of hydrogen-bond donors (Lipinski definition) is 1. The van der Waals surface area contributed by atoms with Crippen LogP contribution in [0.1, 0.15) is 27.1 Å². The van der Waals surface area contributed by atoms with Crippen LogP contribution in [0.5, 0.6) is 0 Å². The summed E-state index contributed by atoms with van der Waals surface area (Å²) in [5.41, 5.74) is 0.562. The molecule has 0 saturated heterocycles. The van der Waals surface area contributed by atoms with Crippen LogP contribution in [0.25, 0.3) is 0 Å². The number of hydrogen-bond acceptors (Lipinski definition) is 6. The van der Waals surface area contributed by atoms with E-state index in [1.807, 2.05) is 6.07 Å². The van der Waals surface area contributed by atoms with Gasteiger partial charge in [-0.25, -0.2) is 17.9 Å². The van der Waals surface area contributed by atoms with E-state index in [1.165, 1.54) is 24.3 Å². The van der Waals surface area contributed by atoms with E-state index in [1.54, 1.807) is 30.3 Å². The van der Waals surface area contributed by atoms with Crippen LogP contribution in [0.4, 0.5) is 0 Å². The largest absolute Gasteiger partial charge is 0.454 e. The van der Waals surface area contributed by atoms with E-state index >= 15 is 0 Å². The molecule has 0 saturated carbocycles. The molecule has 26 heavy (non-hydrogen) atoms. The second-order valence-electron chi connectivity index (χ2n) is 5.20. The molecule has 0 fully saturated rings. The summed E-state index contributed by atoms with van der Waals surface area (Å²) in [5.74, 6) is -1.06. The Labute approximate surface area is 151 Å². The molecular formula is C18H16N2O5S. The van der Waals surface area contributed by atoms with E-state index in [2.05, 4.69) is 4.72 Å². The first-order valence-electron chi connectivity index (χ1n) is 7.66. The number of carbonyl (C=O) groups excluding carboxylic acids is 2. The summed E-state index contributed by atoms with van der Waals surface area (Å²) in [4.78, 5) is 23.8. The molecule has 0 amide bonds. The maximum Gasteiger partial charge on any atom is 0.338 e. The molecule has 7 nitrogen and oxygen atoms in total. The molecule has 0 atom stereocenters. The number of ether oxygens (including phenoxy) is 1. The van der Waals surface area contributed by atoms with Gasteiger partial charge in [-0.05, 0) is 24.3 Å². The fourth-order valence-electron chi connectivity index (χ4n) is 2.02. The van der Waals surface area contributed by atoms with Gasteiger partial charge in [-0.3, -0.25) is 4.79 Å². The van der Waals surface area contributed by atoms with Gasteiger partial charge in [0, 0.05) is 18.5 Å². The Morgan fingerprint density at radius 1 is 1.00 bits per heavy atom. The van der Waals surface area contributed by atoms with Gasteiger partial charge in [-0.1, -0.05) is 30.3 Å². The maximum absolute atomic E-state index is 12.0. The van der Waals surface area contributed by atoms with Crippen molar-refractivity contribution in [2.75, 3.05) is 13.2 Å². The van der Waals surface area contributed by atoms with Crippen LogP contribution < -0.4 is 4.72 Å². The van der Waals surface area contributed by atoms with Crippen molar-refractivity contribution in [2.24, 2.45) is 0 Å². The smallest absolute Gasteiger partial charge is 0.338 e. The van der Waals surface area contributed by atoms with Crippen molar-refractivity contribution in [3.63, 3.8) is 0 Å². The molecule has 2 aromatic rings. The number of Topliss-reactive ketones (excluding diaryl/α,β-unsaturated/α-hetero) is 1. The number of esters is 1. The van der Waals surface area contributed by atoms with Crippen LogP contribution in [-0.4, -0.2) is 33.3 Å². The Balaban J connectivity index is 1.96. The average Bonchev–Trinajstić information content (AvgIpc) is 2.66. The molecule has 0 unspecified atom stereocenters. The van der Waals surface area contributed by atoms with Crippen molar-refractivity contribution in [3.05, 3.63) is 65.7 Å². The van der Waals surface area contributed by atoms with Gasteiger partial charge < -0.3 is 4.74 Å². The first-order chi connectivity index (χ1) is 12.4. The Bertz CT molecular complexity index is 916. The van der Waals surface area contributed by atoms with E-state index in [-0.39, 0.29) is 29.2 Å². The van der Waals surface area contributed by atoms with Gasteiger partial charge >= 0.3 is 5.97 Å². The predicted molar refractivity (Wildman–Crippen MR) is 92.9 cm³/mol. The normalized spacial score (nSPS) is 10.7. The van der Waals surface area contributed by atoms with Crippen LogP contribution >= 0.6 is 0 Å². The molecule has 0 aromatic heterocycles. The molecule has 2 aromatic carbocycles. The number of rotatable bonds is 8. The Morgan fingerprint density at radius 2 is 1.65 bits per heavy atom. The van der Waals surface area contributed by atoms with Crippen molar-refractivity contribution in [3.8, 4) is 6.07 Å². The lowest BCUT2D eigenvalue weighted by Crippen LogP contribution is -2.24. The van der Waals surface area contributed by atoms with Gasteiger partial charge in [-0.2, -0.15) is 5.26 Å². The number of nitrogens with zero attached hydrogens (tertiary/aromatic N) is 1. The Hall–Kier alpha value is -3.02. The number of benzene rings is 2. The highest BCUT2D eigenvalue weighted by Gasteiger charge is 2.16. The van der Waals surface area contributed by atoms with E-state index in [4.69, 9.17) is 10.00 Å². The lowest BCUT2D eigenvalue weighted by atomic mass is 10.1. The number of nitriles is 1. The number of carbonyl (C=O) groups is 2. The van der Waals surface area contributed by atoms with E-state index in [9.17, 15) is 18.0 Å². The molecular weight excluding hydrogens is 356 g/mol. The van der Waals surface area contributed by atoms with Gasteiger partial charge in [0.2, 0.25) is 10.0 Å². The SMILES string of the molecule is N#CCCNS(=O)(=O)c1ccc(C(=O)OCC(=O)c2ccccc2)cc1. The first-order valence-corrected chi connectivity index (χ1v) is 9.14. The van der Waals surface area contributed by atoms with Gasteiger partial charge in [0.15, 0.2) is 12.4 Å². The molecule has 0 radical (unpaired) electrons. The minimum Gasteiger partial charge on any atom is -0.454 e. The van der Waals surface area contributed by atoms with Crippen molar-refractivity contribution >= 4 is 21.8 Å². The van der Waals surface area contributed by atoms with Crippen LogP contribution in [-0.2, 0) is 14.8 Å². The minimum atomic E-state index is -3.74. The molecule has 8 heteroatoms. The monoisotopic (exact) mass is 372 g/mol. The molecule has 0 aliphatic rings. The first kappa shape index (κ1) is 19.3. The summed E-state index contributed by atoms with van der Waals surface area (Å²) in [6.45, 7) is -0.400. The van der Waals surface area contributed by atoms with Gasteiger partial charge in [0.25, 0.3) is 0 Å². The molecule has 0 bridgehead atoms. The molecule has 0 aliphatic carbocycles. The minimum absolute atomic E-state index is 0.00419. The summed E-state index contributed by atoms with van der Waals surface area (Å²) < 4.78 is 31.2. The maximum atomic E-state index is 12.0. The molecule has 0 spiro atoms. The van der Waals surface area contributed by atoms with Crippen LogP contribution in [0.2, 0.25) is 0 Å². The molecule has 134 valence electrons. The molecule has 0 heterocycles. The highest BCUT2D eigenvalue weighted by molar-refractivity contribution is 7.89. The molecule has 2 rings (SSSR count). The number of sulfonamides is 1. The van der Waals surface area contributed by atoms with Crippen molar-refractivity contribution in [1.82, 2.24) is 4.72 Å². The quantitative estimate of drug-likeness (QED) is 0.430. The van der Waals surface area contributed by atoms with Crippen LogP contribution in [0.3, 0.4) is 0 Å². The topological polar surface area (TPSA) is 113 Å². The van der Waals surface area contributed by atoms with E-state index < -0.39 is 22.6 Å². The van der Waals surface area contributed by atoms with Crippen molar-refractivity contribution < 1.29 is 22.7 Å². The predicted octanol–water partition coefficient (Wildman–Crippen LogP) is 1.92. The summed E-state index contributed by atoms with van der Waals surface area (Å²) in [7, 11) is -3.74. The highest BCUT2D eigenvalue weighted by Crippen LogP contribution is 2.12. The Kier molecular flexibility index (Phi) is 6.60. The van der Waals surface area contributed by atoms with Crippen LogP contribution in [0, 0.1) is 11.3 Å². The average molecular weight is 372 g/mol. The fraction of sp³-hybridized carbons (Fsp3) is 0.167. The third-order valence-corrected chi connectivity index (χ3v) is 4.84. The van der Waals surface area contributed by atoms with Crippen LogP contribution in [0.15, 0.2) is 59.5 Å². The van der Waals surface area contributed by atoms with Gasteiger partial charge in [0.1, 0.15) is 0 Å². The van der Waals surface area contributed by atoms with E-state index in [0.717, 1.165) is 0 Å². The number of ketones is 1. The second-order valence-corrected chi connectivity index (χ2v) is 6.96. The molecule has 0 aliphatic heterocycles. The zero-order chi connectivity index (χ0) is 19.0. The zero-order valence-electron chi connectivity index (χ0n) is 13.7. The second kappa shape index (κ2) is 8.89. The zero-order valence-corrected chi connectivity index (χ0v) is 14.5. The van der Waals surface area contributed by atoms with Gasteiger partial charge in [-0.15, -0.1) is 0 Å². The Morgan fingerprint density at radius 3 is 2.27 bits per heavy atom.